The summed E-state index contributed by atoms with van der Waals surface area (Å²) in [7, 11) is 0. The quantitative estimate of drug-likeness (QED) is 0.576. The van der Waals surface area contributed by atoms with Crippen LogP contribution in [-0.4, -0.2) is 16.3 Å². The van der Waals surface area contributed by atoms with Crippen LogP contribution in [0.3, 0.4) is 0 Å². The molecule has 5 heteroatoms. The lowest BCUT2D eigenvalue weighted by molar-refractivity contribution is 0.242. The van der Waals surface area contributed by atoms with Gasteiger partial charge in [0.05, 0.1) is 11.7 Å². The predicted molar refractivity (Wildman–Crippen MR) is 117 cm³/mol. The second-order valence-electron chi connectivity index (χ2n) is 6.46. The van der Waals surface area contributed by atoms with Gasteiger partial charge in [0, 0.05) is 11.1 Å². The maximum atomic E-state index is 9.41. The third-order valence-corrected chi connectivity index (χ3v) is 5.23. The van der Waals surface area contributed by atoms with E-state index in [1.807, 2.05) is 45.9 Å². The van der Waals surface area contributed by atoms with Crippen molar-refractivity contribution in [3.8, 4) is 22.4 Å². The Balaban J connectivity index is 0.00000136. The summed E-state index contributed by atoms with van der Waals surface area (Å²) in [6, 6.07) is 7.73. The Kier molecular flexibility index (Phi) is 7.71. The van der Waals surface area contributed by atoms with Gasteiger partial charge in [-0.2, -0.15) is 5.26 Å². The minimum Gasteiger partial charge on any atom is -0.490 e. The van der Waals surface area contributed by atoms with E-state index in [-0.39, 0.29) is 6.10 Å². The average molecular weight is 394 g/mol. The van der Waals surface area contributed by atoms with Crippen LogP contribution in [0.1, 0.15) is 57.5 Å². The average Bonchev–Trinajstić information content (AvgIpc) is 3.34. The highest BCUT2D eigenvalue weighted by atomic mass is 32.1. The van der Waals surface area contributed by atoms with Crippen molar-refractivity contribution in [1.82, 2.24) is 10.2 Å². The summed E-state index contributed by atoms with van der Waals surface area (Å²) >= 11 is 1.50. The van der Waals surface area contributed by atoms with E-state index in [9.17, 15) is 5.26 Å². The van der Waals surface area contributed by atoms with E-state index >= 15 is 0 Å². The zero-order valence-corrected chi connectivity index (χ0v) is 17.9. The van der Waals surface area contributed by atoms with Gasteiger partial charge in [-0.1, -0.05) is 50.0 Å². The third-order valence-electron chi connectivity index (χ3n) is 4.23. The molecular formula is C23H27N3OS. The molecule has 146 valence electrons. The Morgan fingerprint density at radius 3 is 2.61 bits per heavy atom. The summed E-state index contributed by atoms with van der Waals surface area (Å²) in [5.74, 6) is 0.590. The molecule has 1 aromatic heterocycles. The zero-order valence-electron chi connectivity index (χ0n) is 17.1. The number of nitriles is 1. The van der Waals surface area contributed by atoms with Gasteiger partial charge in [-0.15, -0.1) is 10.2 Å². The maximum absolute atomic E-state index is 9.41. The van der Waals surface area contributed by atoms with Gasteiger partial charge in [0.25, 0.3) is 0 Å². The molecule has 0 bridgehead atoms. The van der Waals surface area contributed by atoms with Crippen LogP contribution in [0.25, 0.3) is 16.1 Å². The van der Waals surface area contributed by atoms with E-state index in [1.54, 1.807) is 6.07 Å². The van der Waals surface area contributed by atoms with Crippen molar-refractivity contribution in [1.29, 1.82) is 5.26 Å². The minimum absolute atomic E-state index is 0.0161. The Labute approximate surface area is 171 Å². The van der Waals surface area contributed by atoms with Crippen LogP contribution in [0.15, 0.2) is 48.6 Å². The van der Waals surface area contributed by atoms with Crippen molar-refractivity contribution in [2.24, 2.45) is 0 Å². The molecule has 1 aliphatic rings. The molecule has 0 aliphatic heterocycles. The van der Waals surface area contributed by atoms with Crippen molar-refractivity contribution in [3.63, 3.8) is 0 Å². The van der Waals surface area contributed by atoms with Crippen molar-refractivity contribution in [2.75, 3.05) is 0 Å². The fourth-order valence-electron chi connectivity index (χ4n) is 3.03. The van der Waals surface area contributed by atoms with Crippen LogP contribution in [0.2, 0.25) is 0 Å². The second-order valence-corrected chi connectivity index (χ2v) is 7.43. The summed E-state index contributed by atoms with van der Waals surface area (Å²) in [5, 5.41) is 19.7. The molecule has 1 fully saturated rings. The summed E-state index contributed by atoms with van der Waals surface area (Å²) in [5.41, 5.74) is 4.79. The van der Waals surface area contributed by atoms with Gasteiger partial charge in [-0.05, 0) is 56.9 Å². The second kappa shape index (κ2) is 10.0. The molecule has 1 aliphatic carbocycles. The van der Waals surface area contributed by atoms with E-state index in [0.29, 0.717) is 11.3 Å². The lowest BCUT2D eigenvalue weighted by Gasteiger charge is -2.11. The van der Waals surface area contributed by atoms with Crippen molar-refractivity contribution < 1.29 is 4.74 Å². The van der Waals surface area contributed by atoms with E-state index < -0.39 is 0 Å². The molecule has 0 spiro atoms. The lowest BCUT2D eigenvalue weighted by atomic mass is 10.0. The molecule has 4 nitrogen and oxygen atoms in total. The molecule has 0 unspecified atom stereocenters. The van der Waals surface area contributed by atoms with Gasteiger partial charge in [-0.25, -0.2) is 0 Å². The van der Waals surface area contributed by atoms with E-state index in [1.165, 1.54) is 22.5 Å². The first-order chi connectivity index (χ1) is 13.5. The molecule has 0 amide bonds. The van der Waals surface area contributed by atoms with Gasteiger partial charge in [-0.3, -0.25) is 0 Å². The Morgan fingerprint density at radius 1 is 1.29 bits per heavy atom. The molecule has 1 heterocycles. The monoisotopic (exact) mass is 393 g/mol. The summed E-state index contributed by atoms with van der Waals surface area (Å²) in [6.45, 7) is 16.0. The number of benzene rings is 1. The summed E-state index contributed by atoms with van der Waals surface area (Å²) < 4.78 is 5.68. The van der Waals surface area contributed by atoms with Crippen molar-refractivity contribution in [2.45, 2.75) is 53.1 Å². The number of hydrogen-bond donors (Lipinski definition) is 0. The Bertz CT molecular complexity index is 932. The van der Waals surface area contributed by atoms with Crippen LogP contribution < -0.4 is 4.74 Å². The Morgan fingerprint density at radius 2 is 2.04 bits per heavy atom. The molecule has 0 radical (unpaired) electrons. The molecule has 28 heavy (non-hydrogen) atoms. The minimum atomic E-state index is 0.0161. The highest BCUT2D eigenvalue weighted by Crippen LogP contribution is 2.38. The number of hydrogen-bond acceptors (Lipinski definition) is 5. The van der Waals surface area contributed by atoms with Crippen LogP contribution in [0.4, 0.5) is 0 Å². The van der Waals surface area contributed by atoms with Gasteiger partial charge in [0.1, 0.15) is 21.8 Å². The molecule has 0 saturated heterocycles. The van der Waals surface area contributed by atoms with Crippen molar-refractivity contribution >= 4 is 16.9 Å². The molecule has 2 aromatic rings. The highest BCUT2D eigenvalue weighted by molar-refractivity contribution is 7.15. The smallest absolute Gasteiger partial charge is 0.148 e. The van der Waals surface area contributed by atoms with E-state index in [4.69, 9.17) is 4.74 Å². The summed E-state index contributed by atoms with van der Waals surface area (Å²) in [4.78, 5) is 0. The van der Waals surface area contributed by atoms with Crippen LogP contribution >= 0.6 is 11.3 Å². The molecule has 1 aromatic carbocycles. The fraction of sp³-hybridized carbons (Fsp3) is 0.348. The van der Waals surface area contributed by atoms with E-state index in [2.05, 4.69) is 29.4 Å². The van der Waals surface area contributed by atoms with E-state index in [0.717, 1.165) is 40.4 Å². The zero-order chi connectivity index (χ0) is 20.7. The molecular weight excluding hydrogens is 366 g/mol. The molecule has 0 N–H and O–H groups in total. The predicted octanol–water partition coefficient (Wildman–Crippen LogP) is 6.57. The first-order valence-electron chi connectivity index (χ1n) is 9.62. The third kappa shape index (κ3) is 4.76. The first kappa shape index (κ1) is 21.6. The van der Waals surface area contributed by atoms with Gasteiger partial charge < -0.3 is 4.74 Å². The topological polar surface area (TPSA) is 58.8 Å². The number of aromatic nitrogens is 2. The summed E-state index contributed by atoms with van der Waals surface area (Å²) in [6.07, 6.45) is 5.02. The van der Waals surface area contributed by atoms with Crippen LogP contribution in [0, 0.1) is 11.3 Å². The number of ether oxygens (including phenoxy) is 1. The normalized spacial score (nSPS) is 14.9. The molecule has 0 atom stereocenters. The SMILES string of the molecule is C=C/C(=C1/CCCC1=C)c1nnc(-c2ccc(OC(C)C)c(C#N)c2)s1.CC. The van der Waals surface area contributed by atoms with Gasteiger partial charge >= 0.3 is 0 Å². The highest BCUT2D eigenvalue weighted by Gasteiger charge is 2.19. The van der Waals surface area contributed by atoms with Gasteiger partial charge in [0.15, 0.2) is 0 Å². The Hall–Kier alpha value is -2.71. The molecule has 1 saturated carbocycles. The number of nitrogens with zero attached hydrogens (tertiary/aromatic N) is 3. The van der Waals surface area contributed by atoms with Crippen molar-refractivity contribution in [3.05, 3.63) is 59.2 Å². The largest absolute Gasteiger partial charge is 0.490 e. The lowest BCUT2D eigenvalue weighted by Crippen LogP contribution is -2.06. The first-order valence-corrected chi connectivity index (χ1v) is 10.4. The van der Waals surface area contributed by atoms with Crippen LogP contribution in [-0.2, 0) is 0 Å². The molecule has 3 rings (SSSR count). The maximum Gasteiger partial charge on any atom is 0.148 e. The standard InChI is InChI=1S/C21H21N3OS.C2H6/c1-5-17(18-8-6-7-14(18)4)21-24-23-20(26-21)15-9-10-19(25-13(2)3)16(11-15)12-22;1-2/h5,9-11,13H,1,4,6-8H2,2-3H3;1-2H3/b18-17+;. The number of rotatable bonds is 5. The number of allylic oxidation sites excluding steroid dienone is 4. The van der Waals surface area contributed by atoms with Crippen LogP contribution in [0.5, 0.6) is 5.75 Å². The van der Waals surface area contributed by atoms with Gasteiger partial charge in [0.2, 0.25) is 0 Å². The fourth-order valence-corrected chi connectivity index (χ4v) is 3.93.